The Morgan fingerprint density at radius 1 is 1.17 bits per heavy atom. The number of hydrogen-bond donors (Lipinski definition) is 0. The highest BCUT2D eigenvalue weighted by Crippen LogP contribution is 2.40. The van der Waals surface area contributed by atoms with Gasteiger partial charge in [-0.3, -0.25) is 0 Å². The van der Waals surface area contributed by atoms with Gasteiger partial charge in [0.05, 0.1) is 7.11 Å². The number of methoxy groups -OCH3 is 1. The summed E-state index contributed by atoms with van der Waals surface area (Å²) in [4.78, 5) is 0. The van der Waals surface area contributed by atoms with Gasteiger partial charge in [-0.25, -0.2) is 0 Å². The highest BCUT2D eigenvalue weighted by atomic mass is 79.9. The summed E-state index contributed by atoms with van der Waals surface area (Å²) >= 11 is 3.45. The summed E-state index contributed by atoms with van der Waals surface area (Å²) in [6.07, 6.45) is 0. The van der Waals surface area contributed by atoms with Crippen molar-refractivity contribution in [3.05, 3.63) is 23.8 Å². The monoisotopic (exact) mass is 330 g/mol. The van der Waals surface area contributed by atoms with E-state index in [-0.39, 0.29) is 5.04 Å². The van der Waals surface area contributed by atoms with Crippen molar-refractivity contribution in [2.45, 2.75) is 44.2 Å². The van der Waals surface area contributed by atoms with Crippen molar-refractivity contribution in [3.8, 4) is 11.5 Å². The van der Waals surface area contributed by atoms with Crippen molar-refractivity contribution in [1.82, 2.24) is 0 Å². The summed E-state index contributed by atoms with van der Waals surface area (Å²) in [6, 6.07) is 6.10. The Morgan fingerprint density at radius 3 is 2.22 bits per heavy atom. The lowest BCUT2D eigenvalue weighted by Crippen LogP contribution is -2.43. The summed E-state index contributed by atoms with van der Waals surface area (Å²) in [5.74, 6) is 1.67. The average molecular weight is 331 g/mol. The van der Waals surface area contributed by atoms with Gasteiger partial charge in [0, 0.05) is 5.33 Å². The first-order chi connectivity index (χ1) is 8.21. The second-order valence-corrected chi connectivity index (χ2v) is 11.3. The van der Waals surface area contributed by atoms with Crippen LogP contribution in [-0.4, -0.2) is 15.4 Å². The molecule has 0 N–H and O–H groups in total. The van der Waals surface area contributed by atoms with Crippen LogP contribution in [-0.2, 0) is 5.33 Å². The topological polar surface area (TPSA) is 18.5 Å². The standard InChI is InChI=1S/C14H23BrO2Si/c1-14(2,3)18(5,6)17-12-8-7-11(10-15)9-13(12)16-4/h7-9H,10H2,1-6H3. The molecule has 0 bridgehead atoms. The van der Waals surface area contributed by atoms with Gasteiger partial charge in [-0.1, -0.05) is 42.8 Å². The molecule has 1 rings (SSSR count). The average Bonchev–Trinajstić information content (AvgIpc) is 2.27. The van der Waals surface area contributed by atoms with E-state index in [0.29, 0.717) is 0 Å². The van der Waals surface area contributed by atoms with Crippen LogP contribution in [0, 0.1) is 0 Å². The number of alkyl halides is 1. The summed E-state index contributed by atoms with van der Waals surface area (Å²) in [6.45, 7) is 11.2. The molecule has 0 fully saturated rings. The van der Waals surface area contributed by atoms with E-state index in [2.05, 4.69) is 55.9 Å². The molecule has 0 saturated heterocycles. The summed E-state index contributed by atoms with van der Waals surface area (Å²) in [5.41, 5.74) is 1.19. The molecule has 0 atom stereocenters. The molecule has 4 heteroatoms. The van der Waals surface area contributed by atoms with Gasteiger partial charge in [0.25, 0.3) is 8.32 Å². The quantitative estimate of drug-likeness (QED) is 0.572. The molecule has 102 valence electrons. The van der Waals surface area contributed by atoms with Crippen molar-refractivity contribution >= 4 is 24.2 Å². The third-order valence-corrected chi connectivity index (χ3v) is 8.54. The van der Waals surface area contributed by atoms with Crippen LogP contribution in [0.25, 0.3) is 0 Å². The maximum Gasteiger partial charge on any atom is 0.250 e. The number of benzene rings is 1. The summed E-state index contributed by atoms with van der Waals surface area (Å²) < 4.78 is 11.7. The Labute approximate surface area is 120 Å². The molecular weight excluding hydrogens is 308 g/mol. The van der Waals surface area contributed by atoms with Crippen LogP contribution in [0.2, 0.25) is 18.1 Å². The van der Waals surface area contributed by atoms with Crippen LogP contribution < -0.4 is 9.16 Å². The molecule has 0 spiro atoms. The second-order valence-electron chi connectivity index (χ2n) is 5.98. The Kier molecular flexibility index (Phi) is 4.89. The van der Waals surface area contributed by atoms with Crippen LogP contribution in [0.5, 0.6) is 11.5 Å². The first-order valence-electron chi connectivity index (χ1n) is 6.13. The molecule has 0 saturated carbocycles. The molecule has 0 unspecified atom stereocenters. The highest BCUT2D eigenvalue weighted by Gasteiger charge is 2.39. The fraction of sp³-hybridized carbons (Fsp3) is 0.571. The normalized spacial score (nSPS) is 12.4. The molecule has 0 amide bonds. The maximum absolute atomic E-state index is 6.29. The van der Waals surface area contributed by atoms with E-state index in [9.17, 15) is 0 Å². The second kappa shape index (κ2) is 5.66. The minimum absolute atomic E-state index is 0.187. The molecule has 18 heavy (non-hydrogen) atoms. The van der Waals surface area contributed by atoms with Crippen LogP contribution in [0.3, 0.4) is 0 Å². The Morgan fingerprint density at radius 2 is 1.78 bits per heavy atom. The van der Waals surface area contributed by atoms with E-state index in [1.807, 2.05) is 12.1 Å². The molecule has 0 radical (unpaired) electrons. The lowest BCUT2D eigenvalue weighted by Gasteiger charge is -2.36. The molecule has 1 aromatic rings. The van der Waals surface area contributed by atoms with Crippen molar-refractivity contribution in [2.75, 3.05) is 7.11 Å². The SMILES string of the molecule is COc1cc(CBr)ccc1O[Si](C)(C)C(C)(C)C. The van der Waals surface area contributed by atoms with Crippen molar-refractivity contribution < 1.29 is 9.16 Å². The zero-order chi connectivity index (χ0) is 14.0. The van der Waals surface area contributed by atoms with Gasteiger partial charge in [0.1, 0.15) is 5.75 Å². The lowest BCUT2D eigenvalue weighted by atomic mass is 10.2. The van der Waals surface area contributed by atoms with E-state index in [0.717, 1.165) is 16.8 Å². The van der Waals surface area contributed by atoms with Crippen molar-refractivity contribution in [2.24, 2.45) is 0 Å². The van der Waals surface area contributed by atoms with E-state index in [1.165, 1.54) is 5.56 Å². The number of ether oxygens (including phenoxy) is 1. The van der Waals surface area contributed by atoms with Gasteiger partial charge in [0.15, 0.2) is 5.75 Å². The molecule has 0 aliphatic carbocycles. The zero-order valence-corrected chi connectivity index (χ0v) is 14.7. The number of hydrogen-bond acceptors (Lipinski definition) is 2. The lowest BCUT2D eigenvalue weighted by molar-refractivity contribution is 0.385. The fourth-order valence-corrected chi connectivity index (χ4v) is 2.68. The number of halogens is 1. The summed E-state index contributed by atoms with van der Waals surface area (Å²) in [7, 11) is -0.126. The minimum Gasteiger partial charge on any atom is -0.541 e. The first-order valence-corrected chi connectivity index (χ1v) is 10.2. The largest absolute Gasteiger partial charge is 0.541 e. The smallest absolute Gasteiger partial charge is 0.250 e. The van der Waals surface area contributed by atoms with Gasteiger partial charge in [-0.15, -0.1) is 0 Å². The van der Waals surface area contributed by atoms with E-state index in [1.54, 1.807) is 7.11 Å². The van der Waals surface area contributed by atoms with E-state index in [4.69, 9.17) is 9.16 Å². The Bertz CT molecular complexity index is 411. The van der Waals surface area contributed by atoms with Crippen LogP contribution >= 0.6 is 15.9 Å². The molecule has 1 aromatic carbocycles. The van der Waals surface area contributed by atoms with Gasteiger partial charge < -0.3 is 9.16 Å². The molecule has 0 heterocycles. The van der Waals surface area contributed by atoms with Crippen LogP contribution in [0.1, 0.15) is 26.3 Å². The molecule has 0 aliphatic heterocycles. The van der Waals surface area contributed by atoms with Crippen molar-refractivity contribution in [1.29, 1.82) is 0 Å². The molecule has 2 nitrogen and oxygen atoms in total. The van der Waals surface area contributed by atoms with Gasteiger partial charge in [0.2, 0.25) is 0 Å². The molecular formula is C14H23BrO2Si. The highest BCUT2D eigenvalue weighted by molar-refractivity contribution is 9.08. The molecule has 0 aliphatic rings. The van der Waals surface area contributed by atoms with Crippen molar-refractivity contribution in [3.63, 3.8) is 0 Å². The van der Waals surface area contributed by atoms with Crippen LogP contribution in [0.15, 0.2) is 18.2 Å². The van der Waals surface area contributed by atoms with Gasteiger partial charge in [-0.05, 0) is 35.8 Å². The molecule has 0 aromatic heterocycles. The Balaban J connectivity index is 3.04. The van der Waals surface area contributed by atoms with Crippen LogP contribution in [0.4, 0.5) is 0 Å². The third-order valence-electron chi connectivity index (χ3n) is 3.55. The van der Waals surface area contributed by atoms with E-state index >= 15 is 0 Å². The first kappa shape index (κ1) is 15.6. The maximum atomic E-state index is 6.29. The Hall–Kier alpha value is -0.483. The zero-order valence-electron chi connectivity index (χ0n) is 12.1. The number of rotatable bonds is 4. The predicted molar refractivity (Wildman–Crippen MR) is 83.5 cm³/mol. The van der Waals surface area contributed by atoms with Gasteiger partial charge in [-0.2, -0.15) is 0 Å². The fourth-order valence-electron chi connectivity index (χ4n) is 1.31. The van der Waals surface area contributed by atoms with Gasteiger partial charge >= 0.3 is 0 Å². The minimum atomic E-state index is -1.81. The predicted octanol–water partition coefficient (Wildman–Crippen LogP) is 4.97. The summed E-state index contributed by atoms with van der Waals surface area (Å²) in [5, 5.41) is 1.01. The van der Waals surface area contributed by atoms with E-state index < -0.39 is 8.32 Å². The third kappa shape index (κ3) is 3.51.